The van der Waals surface area contributed by atoms with E-state index in [1.54, 1.807) is 25.3 Å². The van der Waals surface area contributed by atoms with E-state index >= 15 is 0 Å². The van der Waals surface area contributed by atoms with E-state index in [9.17, 15) is 13.2 Å². The Balaban J connectivity index is 2.07. The van der Waals surface area contributed by atoms with Crippen LogP contribution in [0.15, 0.2) is 48.5 Å². The molecule has 122 valence electrons. The van der Waals surface area contributed by atoms with Crippen molar-refractivity contribution in [2.75, 3.05) is 23.4 Å². The topological polar surface area (TPSA) is 84.5 Å². The fraction of sp³-hybridized carbons (Fsp3) is 0.188. The second kappa shape index (κ2) is 7.26. The van der Waals surface area contributed by atoms with Crippen LogP contribution in [0.4, 0.5) is 11.4 Å². The summed E-state index contributed by atoms with van der Waals surface area (Å²) >= 11 is 0. The lowest BCUT2D eigenvalue weighted by atomic mass is 10.1. The van der Waals surface area contributed by atoms with Crippen molar-refractivity contribution in [3.05, 3.63) is 59.7 Å². The summed E-state index contributed by atoms with van der Waals surface area (Å²) in [5.41, 5.74) is 2.47. The Labute approximate surface area is 135 Å². The first-order valence-corrected chi connectivity index (χ1v) is 8.73. The van der Waals surface area contributed by atoms with Crippen molar-refractivity contribution in [3.63, 3.8) is 0 Å². The Kier molecular flexibility index (Phi) is 5.36. The number of ether oxygens (including phenoxy) is 1. The predicted molar refractivity (Wildman–Crippen MR) is 90.0 cm³/mol. The van der Waals surface area contributed by atoms with Gasteiger partial charge in [-0.2, -0.15) is 0 Å². The maximum absolute atomic E-state index is 12.2. The Bertz CT molecular complexity index is 786. The monoisotopic (exact) mass is 334 g/mol. The summed E-state index contributed by atoms with van der Waals surface area (Å²) < 4.78 is 29.7. The number of carbonyl (C=O) groups excluding carboxylic acids is 1. The van der Waals surface area contributed by atoms with Gasteiger partial charge in [0.2, 0.25) is 10.0 Å². The number of rotatable bonds is 6. The summed E-state index contributed by atoms with van der Waals surface area (Å²) in [5, 5.41) is 2.79. The molecule has 2 rings (SSSR count). The molecule has 0 atom stereocenters. The normalized spacial score (nSPS) is 11.0. The highest BCUT2D eigenvalue weighted by molar-refractivity contribution is 7.92. The summed E-state index contributed by atoms with van der Waals surface area (Å²) in [5.74, 6) is -0.273. The van der Waals surface area contributed by atoms with Crippen LogP contribution in [0.3, 0.4) is 0 Å². The van der Waals surface area contributed by atoms with Gasteiger partial charge in [-0.05, 0) is 42.0 Å². The SMILES string of the molecule is COCc1cccc(NC(=O)c2ccc(NS(C)(=O)=O)cc2)c1. The van der Waals surface area contributed by atoms with E-state index in [2.05, 4.69) is 10.0 Å². The molecule has 2 aromatic carbocycles. The van der Waals surface area contributed by atoms with Gasteiger partial charge < -0.3 is 10.1 Å². The predicted octanol–water partition coefficient (Wildman–Crippen LogP) is 2.46. The molecule has 0 heterocycles. The van der Waals surface area contributed by atoms with Crippen molar-refractivity contribution in [2.45, 2.75) is 6.61 Å². The third-order valence-electron chi connectivity index (χ3n) is 2.95. The van der Waals surface area contributed by atoms with Crippen molar-refractivity contribution in [2.24, 2.45) is 0 Å². The number of anilines is 2. The van der Waals surface area contributed by atoms with Crippen molar-refractivity contribution >= 4 is 27.3 Å². The van der Waals surface area contributed by atoms with Crippen LogP contribution in [-0.2, 0) is 21.4 Å². The number of amides is 1. The zero-order valence-electron chi connectivity index (χ0n) is 12.9. The van der Waals surface area contributed by atoms with Gasteiger partial charge in [0, 0.05) is 24.0 Å². The Morgan fingerprint density at radius 1 is 1.09 bits per heavy atom. The lowest BCUT2D eigenvalue weighted by molar-refractivity contribution is 0.102. The highest BCUT2D eigenvalue weighted by Gasteiger charge is 2.08. The fourth-order valence-electron chi connectivity index (χ4n) is 2.01. The fourth-order valence-corrected chi connectivity index (χ4v) is 2.58. The van der Waals surface area contributed by atoms with Crippen LogP contribution in [0.2, 0.25) is 0 Å². The number of methoxy groups -OCH3 is 1. The first-order valence-electron chi connectivity index (χ1n) is 6.84. The molecule has 6 nitrogen and oxygen atoms in total. The van der Waals surface area contributed by atoms with Crippen LogP contribution in [0.25, 0.3) is 0 Å². The van der Waals surface area contributed by atoms with E-state index in [0.29, 0.717) is 23.5 Å². The Hall–Kier alpha value is -2.38. The molecule has 0 aliphatic heterocycles. The van der Waals surface area contributed by atoms with Crippen LogP contribution in [-0.4, -0.2) is 27.7 Å². The van der Waals surface area contributed by atoms with Crippen molar-refractivity contribution in [3.8, 4) is 0 Å². The zero-order chi connectivity index (χ0) is 16.9. The average Bonchev–Trinajstić information content (AvgIpc) is 2.47. The smallest absolute Gasteiger partial charge is 0.255 e. The highest BCUT2D eigenvalue weighted by Crippen LogP contribution is 2.15. The van der Waals surface area contributed by atoms with Gasteiger partial charge in [-0.15, -0.1) is 0 Å². The van der Waals surface area contributed by atoms with Crippen LogP contribution in [0.5, 0.6) is 0 Å². The van der Waals surface area contributed by atoms with E-state index in [4.69, 9.17) is 4.74 Å². The molecule has 0 unspecified atom stereocenters. The first kappa shape index (κ1) is 17.0. The second-order valence-corrected chi connectivity index (χ2v) is 6.79. The molecule has 0 radical (unpaired) electrons. The maximum Gasteiger partial charge on any atom is 0.255 e. The van der Waals surface area contributed by atoms with Gasteiger partial charge in [-0.25, -0.2) is 8.42 Å². The maximum atomic E-state index is 12.2. The second-order valence-electron chi connectivity index (χ2n) is 5.04. The third kappa shape index (κ3) is 5.39. The number of carbonyl (C=O) groups is 1. The number of benzene rings is 2. The molecule has 1 amide bonds. The molecular weight excluding hydrogens is 316 g/mol. The first-order chi connectivity index (χ1) is 10.9. The molecule has 2 N–H and O–H groups in total. The van der Waals surface area contributed by atoms with E-state index < -0.39 is 10.0 Å². The van der Waals surface area contributed by atoms with Gasteiger partial charge in [0.25, 0.3) is 5.91 Å². The number of hydrogen-bond acceptors (Lipinski definition) is 4. The molecule has 0 saturated carbocycles. The number of sulfonamides is 1. The molecule has 7 heteroatoms. The molecule has 0 saturated heterocycles. The van der Waals surface area contributed by atoms with Crippen LogP contribution < -0.4 is 10.0 Å². The lowest BCUT2D eigenvalue weighted by Crippen LogP contribution is -2.13. The minimum Gasteiger partial charge on any atom is -0.380 e. The lowest BCUT2D eigenvalue weighted by Gasteiger charge is -2.08. The van der Waals surface area contributed by atoms with Gasteiger partial charge in [0.05, 0.1) is 12.9 Å². The number of hydrogen-bond donors (Lipinski definition) is 2. The molecule has 23 heavy (non-hydrogen) atoms. The van der Waals surface area contributed by atoms with Crippen molar-refractivity contribution < 1.29 is 17.9 Å². The average molecular weight is 334 g/mol. The molecule has 0 aliphatic carbocycles. The standard InChI is InChI=1S/C16H18N2O4S/c1-22-11-12-4-3-5-15(10-12)17-16(19)13-6-8-14(9-7-13)18-23(2,20)21/h3-10,18H,11H2,1-2H3,(H,17,19). The van der Waals surface area contributed by atoms with E-state index in [1.165, 1.54) is 12.1 Å². The summed E-state index contributed by atoms with van der Waals surface area (Å²) in [7, 11) is -1.72. The molecule has 2 aromatic rings. The van der Waals surface area contributed by atoms with E-state index in [1.807, 2.05) is 18.2 Å². The van der Waals surface area contributed by atoms with E-state index in [-0.39, 0.29) is 5.91 Å². The van der Waals surface area contributed by atoms with Crippen LogP contribution in [0, 0.1) is 0 Å². The van der Waals surface area contributed by atoms with Crippen LogP contribution in [0.1, 0.15) is 15.9 Å². The highest BCUT2D eigenvalue weighted by atomic mass is 32.2. The molecule has 0 spiro atoms. The molecule has 0 aromatic heterocycles. The quantitative estimate of drug-likeness (QED) is 0.850. The molecule has 0 bridgehead atoms. The molecular formula is C16H18N2O4S. The molecule has 0 aliphatic rings. The minimum atomic E-state index is -3.33. The van der Waals surface area contributed by atoms with Gasteiger partial charge in [-0.3, -0.25) is 9.52 Å². The van der Waals surface area contributed by atoms with Gasteiger partial charge in [0.1, 0.15) is 0 Å². The summed E-state index contributed by atoms with van der Waals surface area (Å²) in [6, 6.07) is 13.6. The van der Waals surface area contributed by atoms with E-state index in [0.717, 1.165) is 11.8 Å². The van der Waals surface area contributed by atoms with Gasteiger partial charge in [0.15, 0.2) is 0 Å². The summed E-state index contributed by atoms with van der Waals surface area (Å²) in [4.78, 5) is 12.2. The third-order valence-corrected chi connectivity index (χ3v) is 3.55. The van der Waals surface area contributed by atoms with Gasteiger partial charge >= 0.3 is 0 Å². The van der Waals surface area contributed by atoms with Gasteiger partial charge in [-0.1, -0.05) is 12.1 Å². The van der Waals surface area contributed by atoms with Crippen molar-refractivity contribution in [1.82, 2.24) is 0 Å². The number of nitrogens with one attached hydrogen (secondary N) is 2. The minimum absolute atomic E-state index is 0.273. The molecule has 0 fully saturated rings. The van der Waals surface area contributed by atoms with Crippen LogP contribution >= 0.6 is 0 Å². The zero-order valence-corrected chi connectivity index (χ0v) is 13.7. The summed E-state index contributed by atoms with van der Waals surface area (Å²) in [6.45, 7) is 0.468. The van der Waals surface area contributed by atoms with Crippen molar-refractivity contribution in [1.29, 1.82) is 0 Å². The Morgan fingerprint density at radius 3 is 2.39 bits per heavy atom. The Morgan fingerprint density at radius 2 is 1.78 bits per heavy atom. The summed E-state index contributed by atoms with van der Waals surface area (Å²) in [6.07, 6.45) is 1.07. The largest absolute Gasteiger partial charge is 0.380 e.